The van der Waals surface area contributed by atoms with Crippen molar-refractivity contribution in [2.75, 3.05) is 0 Å². The van der Waals surface area contributed by atoms with Gasteiger partial charge in [0.15, 0.2) is 0 Å². The van der Waals surface area contributed by atoms with Crippen LogP contribution in [0.25, 0.3) is 0 Å². The van der Waals surface area contributed by atoms with E-state index in [0.29, 0.717) is 5.92 Å². The summed E-state index contributed by atoms with van der Waals surface area (Å²) in [7, 11) is 0. The standard InChI is InChI=1S/C13H17ClO/c14-12-7-5-10(6-8-12)9-11-3-1-2-4-13(11)15/h5-8,11,13,15H,1-4,9H2. The van der Waals surface area contributed by atoms with Crippen molar-refractivity contribution in [3.05, 3.63) is 34.9 Å². The van der Waals surface area contributed by atoms with Gasteiger partial charge in [-0.2, -0.15) is 0 Å². The van der Waals surface area contributed by atoms with E-state index in [-0.39, 0.29) is 6.10 Å². The molecular formula is C13H17ClO. The maximum absolute atomic E-state index is 9.86. The zero-order chi connectivity index (χ0) is 10.7. The molecule has 2 atom stereocenters. The smallest absolute Gasteiger partial charge is 0.0571 e. The minimum Gasteiger partial charge on any atom is -0.393 e. The summed E-state index contributed by atoms with van der Waals surface area (Å²) in [6.45, 7) is 0. The maximum atomic E-state index is 9.86. The molecule has 82 valence electrons. The number of halogens is 1. The number of aliphatic hydroxyl groups is 1. The van der Waals surface area contributed by atoms with Crippen LogP contribution in [0.1, 0.15) is 31.2 Å². The van der Waals surface area contributed by atoms with Crippen LogP contribution in [-0.4, -0.2) is 11.2 Å². The largest absolute Gasteiger partial charge is 0.393 e. The van der Waals surface area contributed by atoms with E-state index >= 15 is 0 Å². The van der Waals surface area contributed by atoms with Crippen LogP contribution in [0.15, 0.2) is 24.3 Å². The molecule has 1 aliphatic rings. The first-order chi connectivity index (χ1) is 7.25. The van der Waals surface area contributed by atoms with E-state index in [1.165, 1.54) is 18.4 Å². The average Bonchev–Trinajstić information content (AvgIpc) is 2.25. The van der Waals surface area contributed by atoms with Crippen LogP contribution < -0.4 is 0 Å². The SMILES string of the molecule is OC1CCCCC1Cc1ccc(Cl)cc1. The van der Waals surface area contributed by atoms with E-state index in [2.05, 4.69) is 12.1 Å². The number of aliphatic hydroxyl groups excluding tert-OH is 1. The monoisotopic (exact) mass is 224 g/mol. The van der Waals surface area contributed by atoms with E-state index in [1.807, 2.05) is 12.1 Å². The van der Waals surface area contributed by atoms with E-state index in [4.69, 9.17) is 11.6 Å². The molecule has 0 aliphatic heterocycles. The molecule has 1 aromatic carbocycles. The first-order valence-electron chi connectivity index (χ1n) is 5.68. The molecule has 0 heterocycles. The van der Waals surface area contributed by atoms with Crippen molar-refractivity contribution in [1.82, 2.24) is 0 Å². The zero-order valence-electron chi connectivity index (χ0n) is 8.82. The van der Waals surface area contributed by atoms with Crippen molar-refractivity contribution in [1.29, 1.82) is 0 Å². The number of rotatable bonds is 2. The maximum Gasteiger partial charge on any atom is 0.0571 e. The fraction of sp³-hybridized carbons (Fsp3) is 0.538. The topological polar surface area (TPSA) is 20.2 Å². The van der Waals surface area contributed by atoms with Gasteiger partial charge in [0, 0.05) is 5.02 Å². The molecule has 1 aromatic rings. The summed E-state index contributed by atoms with van der Waals surface area (Å²) in [5.41, 5.74) is 1.28. The van der Waals surface area contributed by atoms with Crippen molar-refractivity contribution in [3.8, 4) is 0 Å². The van der Waals surface area contributed by atoms with E-state index in [9.17, 15) is 5.11 Å². The predicted molar refractivity (Wildman–Crippen MR) is 63.1 cm³/mol. The first kappa shape index (κ1) is 11.0. The van der Waals surface area contributed by atoms with Gasteiger partial charge in [-0.25, -0.2) is 0 Å². The second kappa shape index (κ2) is 5.00. The van der Waals surface area contributed by atoms with Gasteiger partial charge < -0.3 is 5.11 Å². The number of hydrogen-bond acceptors (Lipinski definition) is 1. The third-order valence-electron chi connectivity index (χ3n) is 3.28. The normalized spacial score (nSPS) is 26.5. The second-order valence-electron chi connectivity index (χ2n) is 4.44. The summed E-state index contributed by atoms with van der Waals surface area (Å²) in [6, 6.07) is 7.96. The summed E-state index contributed by atoms with van der Waals surface area (Å²) < 4.78 is 0. The minimum absolute atomic E-state index is 0.102. The van der Waals surface area contributed by atoms with Gasteiger partial charge in [0.05, 0.1) is 6.10 Å². The lowest BCUT2D eigenvalue weighted by Gasteiger charge is -2.27. The van der Waals surface area contributed by atoms with Gasteiger partial charge in [-0.3, -0.25) is 0 Å². The molecule has 2 heteroatoms. The number of hydrogen-bond donors (Lipinski definition) is 1. The molecule has 1 saturated carbocycles. The highest BCUT2D eigenvalue weighted by atomic mass is 35.5. The van der Waals surface area contributed by atoms with Crippen LogP contribution in [0.4, 0.5) is 0 Å². The Morgan fingerprint density at radius 1 is 1.13 bits per heavy atom. The van der Waals surface area contributed by atoms with Gasteiger partial charge in [-0.05, 0) is 42.9 Å². The third-order valence-corrected chi connectivity index (χ3v) is 3.53. The molecule has 1 nitrogen and oxygen atoms in total. The molecular weight excluding hydrogens is 208 g/mol. The van der Waals surface area contributed by atoms with Crippen molar-refractivity contribution in [3.63, 3.8) is 0 Å². The van der Waals surface area contributed by atoms with Crippen LogP contribution in [0.2, 0.25) is 5.02 Å². The van der Waals surface area contributed by atoms with Gasteiger partial charge in [0.1, 0.15) is 0 Å². The third kappa shape index (κ3) is 2.96. The van der Waals surface area contributed by atoms with E-state index in [0.717, 1.165) is 24.3 Å². The molecule has 2 rings (SSSR count). The zero-order valence-corrected chi connectivity index (χ0v) is 9.58. The van der Waals surface area contributed by atoms with Crippen molar-refractivity contribution >= 4 is 11.6 Å². The fourth-order valence-corrected chi connectivity index (χ4v) is 2.48. The Bertz CT molecular complexity index is 307. The summed E-state index contributed by atoms with van der Waals surface area (Å²) in [6.07, 6.45) is 5.45. The Morgan fingerprint density at radius 3 is 2.47 bits per heavy atom. The fourth-order valence-electron chi connectivity index (χ4n) is 2.35. The average molecular weight is 225 g/mol. The van der Waals surface area contributed by atoms with Gasteiger partial charge in [0.2, 0.25) is 0 Å². The number of benzene rings is 1. The minimum atomic E-state index is -0.102. The summed E-state index contributed by atoms with van der Waals surface area (Å²) in [4.78, 5) is 0. The van der Waals surface area contributed by atoms with Crippen molar-refractivity contribution in [2.45, 2.75) is 38.2 Å². The highest BCUT2D eigenvalue weighted by molar-refractivity contribution is 6.30. The summed E-state index contributed by atoms with van der Waals surface area (Å²) >= 11 is 5.83. The molecule has 1 N–H and O–H groups in total. The molecule has 0 spiro atoms. The van der Waals surface area contributed by atoms with Gasteiger partial charge in [-0.15, -0.1) is 0 Å². The molecule has 2 unspecified atom stereocenters. The first-order valence-corrected chi connectivity index (χ1v) is 6.06. The highest BCUT2D eigenvalue weighted by Crippen LogP contribution is 2.27. The van der Waals surface area contributed by atoms with Crippen molar-refractivity contribution in [2.24, 2.45) is 5.92 Å². The molecule has 15 heavy (non-hydrogen) atoms. The Balaban J connectivity index is 1.98. The van der Waals surface area contributed by atoms with E-state index in [1.54, 1.807) is 0 Å². The van der Waals surface area contributed by atoms with Crippen LogP contribution in [-0.2, 0) is 6.42 Å². The van der Waals surface area contributed by atoms with Crippen molar-refractivity contribution < 1.29 is 5.11 Å². The Kier molecular flexibility index (Phi) is 3.66. The van der Waals surface area contributed by atoms with Crippen LogP contribution in [0, 0.1) is 5.92 Å². The lowest BCUT2D eigenvalue weighted by Crippen LogP contribution is -2.26. The van der Waals surface area contributed by atoms with Gasteiger partial charge in [-0.1, -0.05) is 36.6 Å². The summed E-state index contributed by atoms with van der Waals surface area (Å²) in [5, 5.41) is 10.6. The molecule has 0 amide bonds. The molecule has 0 saturated heterocycles. The lowest BCUT2D eigenvalue weighted by molar-refractivity contribution is 0.0700. The summed E-state index contributed by atoms with van der Waals surface area (Å²) in [5.74, 6) is 0.444. The van der Waals surface area contributed by atoms with Crippen LogP contribution in [0.5, 0.6) is 0 Å². The van der Waals surface area contributed by atoms with Gasteiger partial charge in [0.25, 0.3) is 0 Å². The second-order valence-corrected chi connectivity index (χ2v) is 4.88. The molecule has 1 fully saturated rings. The highest BCUT2D eigenvalue weighted by Gasteiger charge is 2.22. The predicted octanol–water partition coefficient (Wildman–Crippen LogP) is 3.43. The lowest BCUT2D eigenvalue weighted by atomic mass is 9.82. The molecule has 0 radical (unpaired) electrons. The molecule has 0 bridgehead atoms. The Hall–Kier alpha value is -0.530. The van der Waals surface area contributed by atoms with Gasteiger partial charge >= 0.3 is 0 Å². The quantitative estimate of drug-likeness (QED) is 0.816. The molecule has 1 aliphatic carbocycles. The Labute approximate surface area is 96.1 Å². The van der Waals surface area contributed by atoms with E-state index < -0.39 is 0 Å². The van der Waals surface area contributed by atoms with Crippen LogP contribution in [0.3, 0.4) is 0 Å². The van der Waals surface area contributed by atoms with Crippen LogP contribution >= 0.6 is 11.6 Å². The Morgan fingerprint density at radius 2 is 1.80 bits per heavy atom. The molecule has 0 aromatic heterocycles.